The van der Waals surface area contributed by atoms with Crippen LogP contribution in [-0.2, 0) is 4.79 Å². The minimum absolute atomic E-state index is 0.0881. The van der Waals surface area contributed by atoms with E-state index in [0.29, 0.717) is 10.8 Å². The number of carbonyl (C=O) groups is 1. The number of benzene rings is 2. The molecule has 0 unspecified atom stereocenters. The predicted molar refractivity (Wildman–Crippen MR) is 123 cm³/mol. The number of pyridine rings is 1. The molecule has 0 fully saturated rings. The Bertz CT molecular complexity index is 1200. The van der Waals surface area contributed by atoms with E-state index in [-0.39, 0.29) is 12.5 Å². The lowest BCUT2D eigenvalue weighted by molar-refractivity contribution is -0.118. The number of amides is 1. The smallest absolute Gasteiger partial charge is 0.262 e. The minimum atomic E-state index is -0.230. The molecule has 0 atom stereocenters. The number of carbonyl (C=O) groups excluding carboxylic acids is 1. The molecule has 0 aliphatic rings. The molecule has 0 aliphatic heterocycles. The average molecular weight is 438 g/mol. The van der Waals surface area contributed by atoms with Crippen molar-refractivity contribution in [1.82, 2.24) is 9.97 Å². The van der Waals surface area contributed by atoms with Gasteiger partial charge < -0.3 is 10.1 Å². The van der Waals surface area contributed by atoms with Crippen LogP contribution in [0.1, 0.15) is 16.7 Å². The second-order valence-electron chi connectivity index (χ2n) is 7.08. The van der Waals surface area contributed by atoms with Gasteiger partial charge in [-0.05, 0) is 67.8 Å². The maximum Gasteiger partial charge on any atom is 0.262 e. The minimum Gasteiger partial charge on any atom is -0.484 e. The molecule has 5 nitrogen and oxygen atoms in total. The van der Waals surface area contributed by atoms with E-state index < -0.39 is 0 Å². The van der Waals surface area contributed by atoms with Crippen LogP contribution in [0.3, 0.4) is 0 Å². The molecule has 0 radical (unpaired) electrons. The third kappa shape index (κ3) is 4.30. The van der Waals surface area contributed by atoms with Gasteiger partial charge in [-0.2, -0.15) is 0 Å². The fourth-order valence-corrected chi connectivity index (χ4v) is 4.12. The molecule has 0 aliphatic carbocycles. The summed E-state index contributed by atoms with van der Waals surface area (Å²) >= 11 is 7.71. The summed E-state index contributed by atoms with van der Waals surface area (Å²) in [7, 11) is 0. The number of hydrogen-bond donors (Lipinski definition) is 1. The molecule has 152 valence electrons. The molecule has 7 heteroatoms. The Morgan fingerprint density at radius 2 is 1.87 bits per heavy atom. The Hall–Kier alpha value is -2.96. The second-order valence-corrected chi connectivity index (χ2v) is 8.44. The Labute approximate surface area is 183 Å². The summed E-state index contributed by atoms with van der Waals surface area (Å²) in [6.07, 6.45) is 1.76. The summed E-state index contributed by atoms with van der Waals surface area (Å²) in [4.78, 5) is 22.4. The monoisotopic (exact) mass is 437 g/mol. The quantitative estimate of drug-likeness (QED) is 0.418. The number of fused-ring (bicyclic) bond motifs is 1. The van der Waals surface area contributed by atoms with Crippen LogP contribution in [0.4, 0.5) is 5.69 Å². The van der Waals surface area contributed by atoms with Gasteiger partial charge in [-0.15, -0.1) is 0 Å². The van der Waals surface area contributed by atoms with Gasteiger partial charge in [0.25, 0.3) is 5.91 Å². The largest absolute Gasteiger partial charge is 0.484 e. The molecular formula is C23H20ClN3O2S. The van der Waals surface area contributed by atoms with Crippen molar-refractivity contribution in [2.24, 2.45) is 0 Å². The highest BCUT2D eigenvalue weighted by atomic mass is 35.5. The predicted octanol–water partition coefficient (Wildman–Crippen LogP) is 5.95. The van der Waals surface area contributed by atoms with E-state index >= 15 is 0 Å². The first-order valence-electron chi connectivity index (χ1n) is 9.42. The Kier molecular flexibility index (Phi) is 5.70. The molecule has 30 heavy (non-hydrogen) atoms. The van der Waals surface area contributed by atoms with E-state index in [2.05, 4.69) is 15.3 Å². The second kappa shape index (κ2) is 8.42. The molecule has 0 saturated carbocycles. The van der Waals surface area contributed by atoms with Gasteiger partial charge in [-0.1, -0.05) is 35.1 Å². The third-order valence-electron chi connectivity index (χ3n) is 4.70. The van der Waals surface area contributed by atoms with E-state index in [1.54, 1.807) is 6.20 Å². The molecule has 4 rings (SSSR count). The lowest BCUT2D eigenvalue weighted by Crippen LogP contribution is -2.20. The van der Waals surface area contributed by atoms with Gasteiger partial charge in [-0.3, -0.25) is 4.79 Å². The summed E-state index contributed by atoms with van der Waals surface area (Å²) in [5.74, 6) is 0.392. The van der Waals surface area contributed by atoms with E-state index in [9.17, 15) is 4.79 Å². The van der Waals surface area contributed by atoms with Crippen LogP contribution in [0.15, 0.2) is 48.7 Å². The highest BCUT2D eigenvalue weighted by Gasteiger charge is 2.12. The van der Waals surface area contributed by atoms with E-state index in [1.165, 1.54) is 11.3 Å². The lowest BCUT2D eigenvalue weighted by Gasteiger charge is -2.12. The first-order valence-corrected chi connectivity index (χ1v) is 10.6. The Morgan fingerprint density at radius 3 is 2.60 bits per heavy atom. The molecule has 0 spiro atoms. The van der Waals surface area contributed by atoms with E-state index in [1.807, 2.05) is 63.2 Å². The van der Waals surface area contributed by atoms with Gasteiger partial charge in [0.1, 0.15) is 21.1 Å². The summed E-state index contributed by atoms with van der Waals surface area (Å²) in [6, 6.07) is 13.4. The molecule has 1 amide bonds. The van der Waals surface area contributed by atoms with Crippen molar-refractivity contribution in [2.45, 2.75) is 20.8 Å². The maximum atomic E-state index is 12.5. The van der Waals surface area contributed by atoms with Crippen molar-refractivity contribution in [1.29, 1.82) is 0 Å². The summed E-state index contributed by atoms with van der Waals surface area (Å²) in [6.45, 7) is 5.69. The van der Waals surface area contributed by atoms with Crippen LogP contribution in [0.25, 0.3) is 20.9 Å². The number of aromatic nitrogens is 2. The Morgan fingerprint density at radius 1 is 1.10 bits per heavy atom. The highest BCUT2D eigenvalue weighted by Crippen LogP contribution is 2.31. The molecule has 0 saturated heterocycles. The van der Waals surface area contributed by atoms with Crippen LogP contribution in [0.5, 0.6) is 5.75 Å². The number of rotatable bonds is 5. The third-order valence-corrected chi connectivity index (χ3v) is 6.33. The number of nitrogens with zero attached hydrogens (tertiary/aromatic N) is 2. The van der Waals surface area contributed by atoms with Crippen molar-refractivity contribution in [3.05, 3.63) is 70.4 Å². The van der Waals surface area contributed by atoms with Crippen LogP contribution in [0, 0.1) is 20.8 Å². The molecule has 2 aromatic carbocycles. The number of aryl methyl sites for hydroxylation is 3. The van der Waals surface area contributed by atoms with Crippen LogP contribution >= 0.6 is 22.9 Å². The number of thiazole rings is 1. The van der Waals surface area contributed by atoms with Crippen LogP contribution in [0.2, 0.25) is 5.02 Å². The number of hydrogen-bond acceptors (Lipinski definition) is 5. The van der Waals surface area contributed by atoms with Gasteiger partial charge in [0.05, 0.1) is 0 Å². The molecule has 2 aromatic heterocycles. The van der Waals surface area contributed by atoms with Gasteiger partial charge in [0.2, 0.25) is 0 Å². The molecule has 4 aromatic rings. The summed E-state index contributed by atoms with van der Waals surface area (Å²) < 4.78 is 5.66. The number of anilines is 1. The van der Waals surface area contributed by atoms with Crippen molar-refractivity contribution >= 4 is 44.9 Å². The topological polar surface area (TPSA) is 64.1 Å². The van der Waals surface area contributed by atoms with E-state index in [0.717, 1.165) is 43.3 Å². The summed E-state index contributed by atoms with van der Waals surface area (Å²) in [5.41, 5.74) is 5.33. The molecular weight excluding hydrogens is 418 g/mol. The molecule has 2 heterocycles. The Balaban J connectivity index is 1.49. The van der Waals surface area contributed by atoms with Crippen molar-refractivity contribution < 1.29 is 9.53 Å². The van der Waals surface area contributed by atoms with Gasteiger partial charge in [-0.25, -0.2) is 9.97 Å². The number of nitrogens with one attached hydrogen (secondary N) is 1. The lowest BCUT2D eigenvalue weighted by atomic mass is 10.1. The van der Waals surface area contributed by atoms with Crippen molar-refractivity contribution in [3.63, 3.8) is 0 Å². The maximum absolute atomic E-state index is 12.5. The zero-order valence-electron chi connectivity index (χ0n) is 16.8. The fraction of sp³-hybridized carbons (Fsp3) is 0.174. The number of halogens is 1. The zero-order chi connectivity index (χ0) is 21.3. The number of ether oxygens (including phenoxy) is 1. The van der Waals surface area contributed by atoms with Crippen molar-refractivity contribution in [3.8, 4) is 16.3 Å². The SMILES string of the molecule is Cc1ccc(-c2nc3cccnc3s2)cc1NC(=O)COc1cc(C)c(Cl)c(C)c1. The van der Waals surface area contributed by atoms with Gasteiger partial charge in [0, 0.05) is 22.5 Å². The molecule has 1 N–H and O–H groups in total. The highest BCUT2D eigenvalue weighted by molar-refractivity contribution is 7.21. The normalized spacial score (nSPS) is 10.9. The first-order chi connectivity index (χ1) is 14.4. The van der Waals surface area contributed by atoms with E-state index in [4.69, 9.17) is 16.3 Å². The van der Waals surface area contributed by atoms with Crippen LogP contribution in [-0.4, -0.2) is 22.5 Å². The summed E-state index contributed by atoms with van der Waals surface area (Å²) in [5, 5.41) is 4.51. The fourth-order valence-electron chi connectivity index (χ4n) is 3.11. The first kappa shape index (κ1) is 20.3. The zero-order valence-corrected chi connectivity index (χ0v) is 18.4. The molecule has 0 bridgehead atoms. The van der Waals surface area contributed by atoms with Crippen LogP contribution < -0.4 is 10.1 Å². The van der Waals surface area contributed by atoms with Gasteiger partial charge >= 0.3 is 0 Å². The van der Waals surface area contributed by atoms with Gasteiger partial charge in [0.15, 0.2) is 6.61 Å². The average Bonchev–Trinajstić information content (AvgIpc) is 3.16. The van der Waals surface area contributed by atoms with Crippen molar-refractivity contribution in [2.75, 3.05) is 11.9 Å². The standard InChI is InChI=1S/C23H20ClN3O2S/c1-13-6-7-16(22-27-18-5-4-8-25-23(18)30-22)11-19(13)26-20(28)12-29-17-9-14(2)21(24)15(3)10-17/h4-11H,12H2,1-3H3,(H,26,28).